The number of nitrogens with zero attached hydrogens (tertiary/aromatic N) is 1. The van der Waals surface area contributed by atoms with E-state index in [-0.39, 0.29) is 0 Å². The zero-order valence-electron chi connectivity index (χ0n) is 15.9. The van der Waals surface area contributed by atoms with Crippen molar-refractivity contribution in [1.82, 2.24) is 4.98 Å². The molecule has 1 N–H and O–H groups in total. The van der Waals surface area contributed by atoms with Crippen molar-refractivity contribution in [3.63, 3.8) is 0 Å². The predicted molar refractivity (Wildman–Crippen MR) is 103 cm³/mol. The molecule has 3 nitrogen and oxygen atoms in total. The molecular weight excluding hydrogens is 296 g/mol. The summed E-state index contributed by atoms with van der Waals surface area (Å²) in [5.74, 6) is 1.82. The van der Waals surface area contributed by atoms with Crippen molar-refractivity contribution in [2.24, 2.45) is 0 Å². The van der Waals surface area contributed by atoms with E-state index in [9.17, 15) is 0 Å². The molecule has 0 fully saturated rings. The third-order valence-corrected chi connectivity index (χ3v) is 4.28. The van der Waals surface area contributed by atoms with Crippen LogP contribution < -0.4 is 10.1 Å². The van der Waals surface area contributed by atoms with Crippen LogP contribution >= 0.6 is 0 Å². The van der Waals surface area contributed by atoms with E-state index in [4.69, 9.17) is 4.74 Å². The van der Waals surface area contributed by atoms with Gasteiger partial charge in [0.1, 0.15) is 11.6 Å². The summed E-state index contributed by atoms with van der Waals surface area (Å²) in [6, 6.07) is 6.42. The first kappa shape index (κ1) is 18.3. The van der Waals surface area contributed by atoms with Gasteiger partial charge in [-0.05, 0) is 52.2 Å². The number of unbranched alkanes of at least 4 members (excludes halogenated alkanes) is 2. The Morgan fingerprint density at radius 1 is 0.958 bits per heavy atom. The minimum Gasteiger partial charge on any atom is -0.493 e. The van der Waals surface area contributed by atoms with Gasteiger partial charge in [-0.15, -0.1) is 0 Å². The average Bonchev–Trinajstić information content (AvgIpc) is 2.51. The quantitative estimate of drug-likeness (QED) is 0.640. The molecule has 0 atom stereocenters. The number of rotatable bonds is 7. The van der Waals surface area contributed by atoms with Gasteiger partial charge in [0.05, 0.1) is 6.61 Å². The monoisotopic (exact) mass is 326 g/mol. The standard InChI is InChI=1S/C21H30N2O/c1-7-8-9-10-24-19-13-17(5)22-21(18(19)6)23-20-15(3)11-14(2)12-16(20)4/h11-13H,7-10H2,1-6H3,(H,22,23). The molecule has 24 heavy (non-hydrogen) atoms. The van der Waals surface area contributed by atoms with Crippen molar-refractivity contribution in [1.29, 1.82) is 0 Å². The molecule has 0 saturated carbocycles. The second kappa shape index (κ2) is 8.18. The summed E-state index contributed by atoms with van der Waals surface area (Å²) in [4.78, 5) is 4.69. The minimum atomic E-state index is 0.764. The number of anilines is 2. The van der Waals surface area contributed by atoms with Gasteiger partial charge in [-0.2, -0.15) is 0 Å². The zero-order valence-corrected chi connectivity index (χ0v) is 15.9. The number of aryl methyl sites for hydroxylation is 4. The number of benzene rings is 1. The molecule has 1 aromatic heterocycles. The lowest BCUT2D eigenvalue weighted by atomic mass is 10.0. The van der Waals surface area contributed by atoms with Crippen LogP contribution in [0, 0.1) is 34.6 Å². The van der Waals surface area contributed by atoms with Crippen LogP contribution in [0.3, 0.4) is 0 Å². The maximum Gasteiger partial charge on any atom is 0.137 e. The fourth-order valence-corrected chi connectivity index (χ4v) is 3.01. The number of pyridine rings is 1. The lowest BCUT2D eigenvalue weighted by Crippen LogP contribution is -2.05. The smallest absolute Gasteiger partial charge is 0.137 e. The van der Waals surface area contributed by atoms with Gasteiger partial charge < -0.3 is 10.1 Å². The number of hydrogen-bond acceptors (Lipinski definition) is 3. The number of hydrogen-bond donors (Lipinski definition) is 1. The maximum absolute atomic E-state index is 6.00. The Hall–Kier alpha value is -2.03. The van der Waals surface area contributed by atoms with Gasteiger partial charge in [-0.3, -0.25) is 0 Å². The summed E-state index contributed by atoms with van der Waals surface area (Å²) in [5, 5.41) is 3.53. The SMILES string of the molecule is CCCCCOc1cc(C)nc(Nc2c(C)cc(C)cc2C)c1C. The first-order valence-electron chi connectivity index (χ1n) is 8.88. The zero-order chi connectivity index (χ0) is 17.7. The van der Waals surface area contributed by atoms with Gasteiger partial charge in [0.2, 0.25) is 0 Å². The van der Waals surface area contributed by atoms with E-state index in [0.29, 0.717) is 0 Å². The Morgan fingerprint density at radius 2 is 1.62 bits per heavy atom. The third-order valence-electron chi connectivity index (χ3n) is 4.28. The molecule has 0 aliphatic rings. The second-order valence-corrected chi connectivity index (χ2v) is 6.69. The normalized spacial score (nSPS) is 10.8. The summed E-state index contributed by atoms with van der Waals surface area (Å²) in [6.07, 6.45) is 3.50. The van der Waals surface area contributed by atoms with Crippen molar-refractivity contribution in [3.8, 4) is 5.75 Å². The second-order valence-electron chi connectivity index (χ2n) is 6.69. The summed E-state index contributed by atoms with van der Waals surface area (Å²) >= 11 is 0. The minimum absolute atomic E-state index is 0.764. The van der Waals surface area contributed by atoms with Gasteiger partial charge in [0.25, 0.3) is 0 Å². The van der Waals surface area contributed by atoms with Crippen LogP contribution in [0.4, 0.5) is 11.5 Å². The Morgan fingerprint density at radius 3 is 2.25 bits per heavy atom. The van der Waals surface area contributed by atoms with Crippen molar-refractivity contribution < 1.29 is 4.74 Å². The largest absolute Gasteiger partial charge is 0.493 e. The number of ether oxygens (including phenoxy) is 1. The van der Waals surface area contributed by atoms with Crippen LogP contribution in [0.1, 0.15) is 54.1 Å². The summed E-state index contributed by atoms with van der Waals surface area (Å²) in [6.45, 7) is 13.4. The lowest BCUT2D eigenvalue weighted by molar-refractivity contribution is 0.304. The van der Waals surface area contributed by atoms with E-state index in [1.807, 2.05) is 13.0 Å². The van der Waals surface area contributed by atoms with Gasteiger partial charge in [0.15, 0.2) is 0 Å². The lowest BCUT2D eigenvalue weighted by Gasteiger charge is -2.17. The van der Waals surface area contributed by atoms with Gasteiger partial charge in [-0.1, -0.05) is 37.5 Å². The summed E-state index contributed by atoms with van der Waals surface area (Å²) in [5.41, 5.74) is 6.93. The molecule has 2 aromatic rings. The third kappa shape index (κ3) is 4.50. The van der Waals surface area contributed by atoms with Crippen LogP contribution in [-0.4, -0.2) is 11.6 Å². The topological polar surface area (TPSA) is 34.1 Å². The highest BCUT2D eigenvalue weighted by Crippen LogP contribution is 2.31. The van der Waals surface area contributed by atoms with Crippen molar-refractivity contribution >= 4 is 11.5 Å². The molecule has 0 unspecified atom stereocenters. The Labute approximate surface area is 146 Å². The highest BCUT2D eigenvalue weighted by molar-refractivity contribution is 5.68. The molecule has 0 radical (unpaired) electrons. The summed E-state index contributed by atoms with van der Waals surface area (Å²) in [7, 11) is 0. The average molecular weight is 326 g/mol. The molecular formula is C21H30N2O. The Bertz CT molecular complexity index is 684. The Balaban J connectivity index is 2.26. The van der Waals surface area contributed by atoms with E-state index < -0.39 is 0 Å². The first-order chi connectivity index (χ1) is 11.4. The van der Waals surface area contributed by atoms with Crippen molar-refractivity contribution in [2.75, 3.05) is 11.9 Å². The van der Waals surface area contributed by atoms with Gasteiger partial charge in [0, 0.05) is 23.0 Å². The van der Waals surface area contributed by atoms with Gasteiger partial charge >= 0.3 is 0 Å². The van der Waals surface area contributed by atoms with E-state index in [1.54, 1.807) is 0 Å². The van der Waals surface area contributed by atoms with E-state index >= 15 is 0 Å². The molecule has 0 spiro atoms. The fourth-order valence-electron chi connectivity index (χ4n) is 3.01. The van der Waals surface area contributed by atoms with Crippen LogP contribution in [0.2, 0.25) is 0 Å². The van der Waals surface area contributed by atoms with Crippen LogP contribution in [0.5, 0.6) is 5.75 Å². The van der Waals surface area contributed by atoms with E-state index in [0.717, 1.165) is 41.5 Å². The molecule has 0 amide bonds. The summed E-state index contributed by atoms with van der Waals surface area (Å²) < 4.78 is 6.00. The molecule has 3 heteroatoms. The molecule has 0 saturated heterocycles. The molecule has 2 rings (SSSR count). The molecule has 0 aliphatic heterocycles. The molecule has 0 aliphatic carbocycles. The fraction of sp³-hybridized carbons (Fsp3) is 0.476. The highest BCUT2D eigenvalue weighted by Gasteiger charge is 2.12. The molecule has 1 heterocycles. The van der Waals surface area contributed by atoms with E-state index in [2.05, 4.69) is 57.1 Å². The van der Waals surface area contributed by atoms with Crippen LogP contribution in [0.15, 0.2) is 18.2 Å². The molecule has 1 aromatic carbocycles. The first-order valence-corrected chi connectivity index (χ1v) is 8.88. The molecule has 130 valence electrons. The number of nitrogens with one attached hydrogen (secondary N) is 1. The van der Waals surface area contributed by atoms with Crippen molar-refractivity contribution in [3.05, 3.63) is 46.1 Å². The van der Waals surface area contributed by atoms with E-state index in [1.165, 1.54) is 29.5 Å². The van der Waals surface area contributed by atoms with Crippen LogP contribution in [-0.2, 0) is 0 Å². The highest BCUT2D eigenvalue weighted by atomic mass is 16.5. The van der Waals surface area contributed by atoms with Crippen molar-refractivity contribution in [2.45, 2.75) is 60.8 Å². The maximum atomic E-state index is 6.00. The Kier molecular flexibility index (Phi) is 6.24. The molecule has 0 bridgehead atoms. The van der Waals surface area contributed by atoms with Crippen LogP contribution in [0.25, 0.3) is 0 Å². The number of aromatic nitrogens is 1. The van der Waals surface area contributed by atoms with Gasteiger partial charge in [-0.25, -0.2) is 4.98 Å². The predicted octanol–water partition coefficient (Wildman–Crippen LogP) is 5.94.